The molecule has 0 saturated heterocycles. The third kappa shape index (κ3) is 4.71. The summed E-state index contributed by atoms with van der Waals surface area (Å²) in [5, 5.41) is 3.01. The molecule has 1 atom stereocenters. The zero-order valence-corrected chi connectivity index (χ0v) is 14.6. The maximum Gasteiger partial charge on any atom is 0.256 e. The molecule has 0 aliphatic heterocycles. The molecule has 0 unspecified atom stereocenters. The van der Waals surface area contributed by atoms with E-state index in [-0.39, 0.29) is 12.0 Å². The molecule has 1 N–H and O–H groups in total. The number of carbonyl (C=O) groups is 1. The molecule has 0 heterocycles. The number of methoxy groups -OCH3 is 1. The van der Waals surface area contributed by atoms with E-state index in [0.717, 1.165) is 43.5 Å². The SMILES string of the molecule is CC[C@@H](C)Oc1ccc(NC(=O)C2(OC)CCCCCC2)cc1. The Morgan fingerprint density at radius 1 is 1.17 bits per heavy atom. The molecule has 1 fully saturated rings. The first-order valence-corrected chi connectivity index (χ1v) is 8.73. The topological polar surface area (TPSA) is 47.6 Å². The van der Waals surface area contributed by atoms with Crippen LogP contribution in [0.25, 0.3) is 0 Å². The lowest BCUT2D eigenvalue weighted by molar-refractivity contribution is -0.139. The Labute approximate surface area is 139 Å². The fourth-order valence-electron chi connectivity index (χ4n) is 3.00. The van der Waals surface area contributed by atoms with Crippen LogP contribution in [0.5, 0.6) is 5.75 Å². The molecule has 4 nitrogen and oxygen atoms in total. The molecular weight excluding hydrogens is 290 g/mol. The molecule has 1 aromatic rings. The Hall–Kier alpha value is -1.55. The summed E-state index contributed by atoms with van der Waals surface area (Å²) in [6.45, 7) is 4.14. The second kappa shape index (κ2) is 8.34. The van der Waals surface area contributed by atoms with Crippen LogP contribution in [0.15, 0.2) is 24.3 Å². The fourth-order valence-corrected chi connectivity index (χ4v) is 3.00. The number of anilines is 1. The van der Waals surface area contributed by atoms with Crippen LogP contribution in [-0.4, -0.2) is 24.7 Å². The molecule has 1 saturated carbocycles. The van der Waals surface area contributed by atoms with Gasteiger partial charge in [-0.25, -0.2) is 0 Å². The number of carbonyl (C=O) groups excluding carboxylic acids is 1. The van der Waals surface area contributed by atoms with Gasteiger partial charge in [0.1, 0.15) is 11.4 Å². The summed E-state index contributed by atoms with van der Waals surface area (Å²) >= 11 is 0. The first kappa shape index (κ1) is 17.8. The minimum atomic E-state index is -0.678. The number of rotatable bonds is 6. The van der Waals surface area contributed by atoms with E-state index in [1.807, 2.05) is 31.2 Å². The van der Waals surface area contributed by atoms with E-state index in [0.29, 0.717) is 0 Å². The zero-order chi connectivity index (χ0) is 16.7. The van der Waals surface area contributed by atoms with Gasteiger partial charge in [-0.05, 0) is 50.5 Å². The zero-order valence-electron chi connectivity index (χ0n) is 14.6. The Balaban J connectivity index is 2.01. The van der Waals surface area contributed by atoms with Crippen molar-refractivity contribution in [2.45, 2.75) is 70.5 Å². The Bertz CT molecular complexity index is 490. The van der Waals surface area contributed by atoms with E-state index in [4.69, 9.17) is 9.47 Å². The van der Waals surface area contributed by atoms with Crippen LogP contribution >= 0.6 is 0 Å². The maximum atomic E-state index is 12.7. The average molecular weight is 319 g/mol. The van der Waals surface area contributed by atoms with Gasteiger partial charge in [0.05, 0.1) is 6.10 Å². The molecule has 1 aromatic carbocycles. The summed E-state index contributed by atoms with van der Waals surface area (Å²) in [5.41, 5.74) is 0.106. The molecule has 23 heavy (non-hydrogen) atoms. The van der Waals surface area contributed by atoms with Gasteiger partial charge in [-0.15, -0.1) is 0 Å². The summed E-state index contributed by atoms with van der Waals surface area (Å²) in [5.74, 6) is 0.797. The standard InChI is InChI=1S/C19H29NO3/c1-4-15(2)23-17-11-9-16(10-12-17)20-18(21)19(22-3)13-7-5-6-8-14-19/h9-12,15H,4-8,13-14H2,1-3H3,(H,20,21)/t15-/m1/s1. The average Bonchev–Trinajstić information content (AvgIpc) is 2.83. The van der Waals surface area contributed by atoms with Crippen LogP contribution in [0.3, 0.4) is 0 Å². The predicted molar refractivity (Wildman–Crippen MR) is 92.9 cm³/mol. The molecule has 0 aromatic heterocycles. The first-order chi connectivity index (χ1) is 11.1. The fraction of sp³-hybridized carbons (Fsp3) is 0.632. The number of amides is 1. The van der Waals surface area contributed by atoms with E-state index >= 15 is 0 Å². The molecule has 0 bridgehead atoms. The largest absolute Gasteiger partial charge is 0.491 e. The van der Waals surface area contributed by atoms with Crippen molar-refractivity contribution in [2.75, 3.05) is 12.4 Å². The number of ether oxygens (including phenoxy) is 2. The lowest BCUT2D eigenvalue weighted by Crippen LogP contribution is -2.44. The molecule has 0 radical (unpaired) electrons. The van der Waals surface area contributed by atoms with Crippen LogP contribution in [0.4, 0.5) is 5.69 Å². The van der Waals surface area contributed by atoms with Crippen LogP contribution in [0.1, 0.15) is 58.8 Å². The van der Waals surface area contributed by atoms with Crippen LogP contribution in [-0.2, 0) is 9.53 Å². The van der Waals surface area contributed by atoms with Gasteiger partial charge in [-0.3, -0.25) is 4.79 Å². The first-order valence-electron chi connectivity index (χ1n) is 8.73. The highest BCUT2D eigenvalue weighted by Gasteiger charge is 2.38. The van der Waals surface area contributed by atoms with Gasteiger partial charge in [-0.1, -0.05) is 32.6 Å². The number of nitrogens with one attached hydrogen (secondary N) is 1. The lowest BCUT2D eigenvalue weighted by Gasteiger charge is -2.29. The minimum absolute atomic E-state index is 0.0301. The molecule has 128 valence electrons. The Morgan fingerprint density at radius 3 is 2.30 bits per heavy atom. The van der Waals surface area contributed by atoms with E-state index in [9.17, 15) is 4.79 Å². The molecule has 1 amide bonds. The Kier molecular flexibility index (Phi) is 6.46. The molecule has 0 spiro atoms. The molecule has 2 rings (SSSR count). The van der Waals surface area contributed by atoms with Gasteiger partial charge < -0.3 is 14.8 Å². The second-order valence-electron chi connectivity index (χ2n) is 6.43. The van der Waals surface area contributed by atoms with Gasteiger partial charge in [0.25, 0.3) is 5.91 Å². The van der Waals surface area contributed by atoms with E-state index in [1.54, 1.807) is 7.11 Å². The van der Waals surface area contributed by atoms with Gasteiger partial charge in [0.2, 0.25) is 0 Å². The van der Waals surface area contributed by atoms with Gasteiger partial charge >= 0.3 is 0 Å². The second-order valence-corrected chi connectivity index (χ2v) is 6.43. The van der Waals surface area contributed by atoms with Crippen molar-refractivity contribution in [1.82, 2.24) is 0 Å². The van der Waals surface area contributed by atoms with Crippen LogP contribution < -0.4 is 10.1 Å². The normalized spacial score (nSPS) is 18.7. The van der Waals surface area contributed by atoms with Crippen LogP contribution in [0.2, 0.25) is 0 Å². The van der Waals surface area contributed by atoms with Crippen LogP contribution in [0, 0.1) is 0 Å². The minimum Gasteiger partial charge on any atom is -0.491 e. The Morgan fingerprint density at radius 2 is 1.78 bits per heavy atom. The highest BCUT2D eigenvalue weighted by Crippen LogP contribution is 2.31. The van der Waals surface area contributed by atoms with Gasteiger partial charge in [-0.2, -0.15) is 0 Å². The molecule has 1 aliphatic rings. The summed E-state index contributed by atoms with van der Waals surface area (Å²) in [7, 11) is 1.65. The van der Waals surface area contributed by atoms with Crippen molar-refractivity contribution < 1.29 is 14.3 Å². The monoisotopic (exact) mass is 319 g/mol. The smallest absolute Gasteiger partial charge is 0.256 e. The highest BCUT2D eigenvalue weighted by molar-refractivity contribution is 5.97. The number of hydrogen-bond acceptors (Lipinski definition) is 3. The summed E-state index contributed by atoms with van der Waals surface area (Å²) in [6, 6.07) is 7.56. The van der Waals surface area contributed by atoms with Crippen molar-refractivity contribution in [3.8, 4) is 5.75 Å². The van der Waals surface area contributed by atoms with Gasteiger partial charge in [0.15, 0.2) is 0 Å². The van der Waals surface area contributed by atoms with Crippen molar-refractivity contribution >= 4 is 11.6 Å². The molecular formula is C19H29NO3. The van der Waals surface area contributed by atoms with Gasteiger partial charge in [0, 0.05) is 12.8 Å². The maximum absolute atomic E-state index is 12.7. The summed E-state index contributed by atoms with van der Waals surface area (Å²) in [4.78, 5) is 12.7. The molecule has 1 aliphatic carbocycles. The van der Waals surface area contributed by atoms with Crippen molar-refractivity contribution in [2.24, 2.45) is 0 Å². The summed E-state index contributed by atoms with van der Waals surface area (Å²) < 4.78 is 11.4. The van der Waals surface area contributed by atoms with Crippen molar-refractivity contribution in [3.05, 3.63) is 24.3 Å². The highest BCUT2D eigenvalue weighted by atomic mass is 16.5. The quantitative estimate of drug-likeness (QED) is 0.783. The molecule has 4 heteroatoms. The lowest BCUT2D eigenvalue weighted by atomic mass is 9.93. The number of benzene rings is 1. The summed E-state index contributed by atoms with van der Waals surface area (Å²) in [6.07, 6.45) is 7.20. The van der Waals surface area contributed by atoms with Crippen molar-refractivity contribution in [1.29, 1.82) is 0 Å². The van der Waals surface area contributed by atoms with E-state index < -0.39 is 5.60 Å². The predicted octanol–water partition coefficient (Wildman–Crippen LogP) is 4.54. The van der Waals surface area contributed by atoms with Crippen molar-refractivity contribution in [3.63, 3.8) is 0 Å². The van der Waals surface area contributed by atoms with E-state index in [1.165, 1.54) is 12.8 Å². The number of hydrogen-bond donors (Lipinski definition) is 1. The third-order valence-corrected chi connectivity index (χ3v) is 4.74. The third-order valence-electron chi connectivity index (χ3n) is 4.74. The van der Waals surface area contributed by atoms with E-state index in [2.05, 4.69) is 12.2 Å².